The molecule has 0 spiro atoms. The minimum absolute atomic E-state index is 0.802. The minimum atomic E-state index is 0.802. The normalized spacial score (nSPS) is 14.1. The third-order valence-electron chi connectivity index (χ3n) is 3.42. The molecule has 0 atom stereocenters. The van der Waals surface area contributed by atoms with Crippen LogP contribution in [0.2, 0.25) is 0 Å². The van der Waals surface area contributed by atoms with Crippen molar-refractivity contribution >= 4 is 17.7 Å². The van der Waals surface area contributed by atoms with E-state index in [1.165, 1.54) is 17.5 Å². The molecule has 19 heavy (non-hydrogen) atoms. The van der Waals surface area contributed by atoms with Crippen molar-refractivity contribution in [2.75, 3.05) is 11.4 Å². The van der Waals surface area contributed by atoms with Crippen molar-refractivity contribution in [3.05, 3.63) is 53.2 Å². The summed E-state index contributed by atoms with van der Waals surface area (Å²) in [4.78, 5) is 6.74. The molecule has 0 fully saturated rings. The minimum Gasteiger partial charge on any atom is -0.411 e. The van der Waals surface area contributed by atoms with Crippen molar-refractivity contribution in [1.29, 1.82) is 0 Å². The Morgan fingerprint density at radius 2 is 2.21 bits per heavy atom. The van der Waals surface area contributed by atoms with Crippen LogP contribution in [0.4, 0.5) is 11.5 Å². The molecule has 3 rings (SSSR count). The van der Waals surface area contributed by atoms with Gasteiger partial charge in [-0.25, -0.2) is 4.98 Å². The van der Waals surface area contributed by atoms with Crippen LogP contribution in [0.5, 0.6) is 0 Å². The van der Waals surface area contributed by atoms with Crippen LogP contribution in [-0.2, 0) is 6.42 Å². The first-order chi connectivity index (χ1) is 9.29. The SMILES string of the molecule is Cc1cc(/C=N\O)cnc1N1CCc2ccccc21. The van der Waals surface area contributed by atoms with E-state index >= 15 is 0 Å². The highest BCUT2D eigenvalue weighted by molar-refractivity contribution is 5.80. The third-order valence-corrected chi connectivity index (χ3v) is 3.42. The lowest BCUT2D eigenvalue weighted by molar-refractivity contribution is 0.322. The summed E-state index contributed by atoms with van der Waals surface area (Å²) in [6, 6.07) is 10.4. The van der Waals surface area contributed by atoms with Crippen molar-refractivity contribution in [3.63, 3.8) is 0 Å². The van der Waals surface area contributed by atoms with Gasteiger partial charge in [0.25, 0.3) is 0 Å². The molecule has 1 aliphatic rings. The second-order valence-electron chi connectivity index (χ2n) is 4.68. The van der Waals surface area contributed by atoms with Gasteiger partial charge < -0.3 is 10.1 Å². The predicted molar refractivity (Wildman–Crippen MR) is 75.5 cm³/mol. The van der Waals surface area contributed by atoms with E-state index in [2.05, 4.69) is 39.3 Å². The van der Waals surface area contributed by atoms with Gasteiger partial charge in [-0.05, 0) is 36.6 Å². The quantitative estimate of drug-likeness (QED) is 0.508. The standard InChI is InChI=1S/C15H15N3O/c1-11-8-12(10-17-19)9-16-15(11)18-7-6-13-4-2-3-5-14(13)18/h2-5,8-10,19H,6-7H2,1H3/b17-10-. The van der Waals surface area contributed by atoms with Gasteiger partial charge in [-0.3, -0.25) is 0 Å². The van der Waals surface area contributed by atoms with Crippen LogP contribution in [0.3, 0.4) is 0 Å². The summed E-state index contributed by atoms with van der Waals surface area (Å²) in [6.07, 6.45) is 4.17. The first-order valence-corrected chi connectivity index (χ1v) is 6.29. The molecule has 0 aliphatic carbocycles. The van der Waals surface area contributed by atoms with Gasteiger partial charge in [-0.15, -0.1) is 0 Å². The van der Waals surface area contributed by atoms with Gasteiger partial charge in [0, 0.05) is 24.0 Å². The lowest BCUT2D eigenvalue weighted by Gasteiger charge is -2.20. The molecule has 96 valence electrons. The number of benzene rings is 1. The molecule has 2 aromatic rings. The van der Waals surface area contributed by atoms with Crippen molar-refractivity contribution in [2.24, 2.45) is 5.16 Å². The fourth-order valence-electron chi connectivity index (χ4n) is 2.57. The molecule has 1 aromatic carbocycles. The summed E-state index contributed by atoms with van der Waals surface area (Å²) >= 11 is 0. The maximum absolute atomic E-state index is 8.55. The van der Waals surface area contributed by atoms with E-state index < -0.39 is 0 Å². The molecule has 2 heterocycles. The van der Waals surface area contributed by atoms with Crippen LogP contribution in [-0.4, -0.2) is 23.0 Å². The smallest absolute Gasteiger partial charge is 0.135 e. The Bertz CT molecular complexity index is 637. The summed E-state index contributed by atoms with van der Waals surface area (Å²) in [5.41, 5.74) is 4.48. The van der Waals surface area contributed by atoms with E-state index in [1.54, 1.807) is 6.20 Å². The molecule has 4 nitrogen and oxygen atoms in total. The van der Waals surface area contributed by atoms with E-state index in [0.717, 1.165) is 29.9 Å². The van der Waals surface area contributed by atoms with Crippen molar-refractivity contribution in [1.82, 2.24) is 4.98 Å². The summed E-state index contributed by atoms with van der Waals surface area (Å²) in [6.45, 7) is 2.98. The van der Waals surface area contributed by atoms with Gasteiger partial charge >= 0.3 is 0 Å². The van der Waals surface area contributed by atoms with Crippen LogP contribution in [0.1, 0.15) is 16.7 Å². The van der Waals surface area contributed by atoms with E-state index in [1.807, 2.05) is 13.0 Å². The van der Waals surface area contributed by atoms with E-state index in [0.29, 0.717) is 0 Å². The van der Waals surface area contributed by atoms with Gasteiger partial charge in [0.1, 0.15) is 5.82 Å². The number of oxime groups is 1. The monoisotopic (exact) mass is 253 g/mol. The maximum atomic E-state index is 8.55. The summed E-state index contributed by atoms with van der Waals surface area (Å²) < 4.78 is 0. The van der Waals surface area contributed by atoms with Crippen LogP contribution in [0.25, 0.3) is 0 Å². The Hall–Kier alpha value is -2.36. The fourth-order valence-corrected chi connectivity index (χ4v) is 2.57. The number of aromatic nitrogens is 1. The number of nitrogens with zero attached hydrogens (tertiary/aromatic N) is 3. The maximum Gasteiger partial charge on any atom is 0.135 e. The number of hydrogen-bond acceptors (Lipinski definition) is 4. The molecule has 0 saturated heterocycles. The molecule has 0 amide bonds. The molecule has 4 heteroatoms. The van der Waals surface area contributed by atoms with E-state index in [9.17, 15) is 0 Å². The Morgan fingerprint density at radius 1 is 1.37 bits per heavy atom. The average Bonchev–Trinajstić information content (AvgIpc) is 2.83. The van der Waals surface area contributed by atoms with Crippen LogP contribution in [0, 0.1) is 6.92 Å². The van der Waals surface area contributed by atoms with Gasteiger partial charge in [0.2, 0.25) is 0 Å². The second-order valence-corrected chi connectivity index (χ2v) is 4.68. The Morgan fingerprint density at radius 3 is 3.00 bits per heavy atom. The summed E-state index contributed by atoms with van der Waals surface area (Å²) in [5.74, 6) is 0.972. The van der Waals surface area contributed by atoms with E-state index in [-0.39, 0.29) is 0 Å². The zero-order chi connectivity index (χ0) is 13.2. The number of aryl methyl sites for hydroxylation is 1. The Labute approximate surface area is 112 Å². The Kier molecular flexibility index (Phi) is 2.91. The zero-order valence-electron chi connectivity index (χ0n) is 10.7. The number of fused-ring (bicyclic) bond motifs is 1. The number of para-hydroxylation sites is 1. The molecular formula is C15H15N3O. The lowest BCUT2D eigenvalue weighted by Crippen LogP contribution is -2.16. The topological polar surface area (TPSA) is 48.7 Å². The molecule has 1 aromatic heterocycles. The van der Waals surface area contributed by atoms with Gasteiger partial charge in [-0.2, -0.15) is 0 Å². The molecule has 1 aliphatic heterocycles. The molecule has 0 bridgehead atoms. The van der Waals surface area contributed by atoms with Gasteiger partial charge in [-0.1, -0.05) is 23.4 Å². The molecule has 0 saturated carbocycles. The first-order valence-electron chi connectivity index (χ1n) is 6.29. The fraction of sp³-hybridized carbons (Fsp3) is 0.200. The largest absolute Gasteiger partial charge is 0.411 e. The van der Waals surface area contributed by atoms with Gasteiger partial charge in [0.15, 0.2) is 0 Å². The second kappa shape index (κ2) is 4.72. The highest BCUT2D eigenvalue weighted by Gasteiger charge is 2.21. The number of anilines is 2. The molecule has 1 N–H and O–H groups in total. The molecule has 0 radical (unpaired) electrons. The number of hydrogen-bond donors (Lipinski definition) is 1. The average molecular weight is 253 g/mol. The zero-order valence-corrected chi connectivity index (χ0v) is 10.7. The van der Waals surface area contributed by atoms with Crippen molar-refractivity contribution in [2.45, 2.75) is 13.3 Å². The predicted octanol–water partition coefficient (Wildman–Crippen LogP) is 2.89. The van der Waals surface area contributed by atoms with Crippen LogP contribution >= 0.6 is 0 Å². The first kappa shape index (κ1) is 11.7. The molecule has 0 unspecified atom stereocenters. The van der Waals surface area contributed by atoms with Gasteiger partial charge in [0.05, 0.1) is 6.21 Å². The van der Waals surface area contributed by atoms with Crippen molar-refractivity contribution in [3.8, 4) is 0 Å². The third kappa shape index (κ3) is 2.05. The van der Waals surface area contributed by atoms with Crippen molar-refractivity contribution < 1.29 is 5.21 Å². The number of pyridine rings is 1. The van der Waals surface area contributed by atoms with E-state index in [4.69, 9.17) is 5.21 Å². The Balaban J connectivity index is 2.00. The van der Waals surface area contributed by atoms with Crippen LogP contribution in [0.15, 0.2) is 41.7 Å². The summed E-state index contributed by atoms with van der Waals surface area (Å²) in [7, 11) is 0. The lowest BCUT2D eigenvalue weighted by atomic mass is 10.1. The molecular weight excluding hydrogens is 238 g/mol. The highest BCUT2D eigenvalue weighted by Crippen LogP contribution is 2.34. The number of rotatable bonds is 2. The van der Waals surface area contributed by atoms with Crippen LogP contribution < -0.4 is 4.90 Å². The summed E-state index contributed by atoms with van der Waals surface area (Å²) in [5, 5.41) is 11.6. The highest BCUT2D eigenvalue weighted by atomic mass is 16.4.